The Morgan fingerprint density at radius 2 is 1.43 bits per heavy atom. The molecule has 0 bridgehead atoms. The molecule has 4 aromatic rings. The number of hydrogen-bond donors (Lipinski definition) is 1. The highest BCUT2D eigenvalue weighted by atomic mass is 19.1. The molecular weight excluding hydrogens is 380 g/mol. The molecule has 0 fully saturated rings. The summed E-state index contributed by atoms with van der Waals surface area (Å²) in [6.07, 6.45) is 0. The number of amides is 1. The van der Waals surface area contributed by atoms with Crippen LogP contribution in [0.15, 0.2) is 97.1 Å². The van der Waals surface area contributed by atoms with Gasteiger partial charge in [0.15, 0.2) is 0 Å². The number of halogens is 2. The zero-order valence-corrected chi connectivity index (χ0v) is 16.1. The maximum atomic E-state index is 14.1. The van der Waals surface area contributed by atoms with Crippen molar-refractivity contribution in [3.05, 3.63) is 120 Å². The van der Waals surface area contributed by atoms with Gasteiger partial charge in [-0.05, 0) is 52.6 Å². The van der Waals surface area contributed by atoms with Gasteiger partial charge in [-0.15, -0.1) is 0 Å². The third-order valence-corrected chi connectivity index (χ3v) is 4.85. The summed E-state index contributed by atoms with van der Waals surface area (Å²) in [4.78, 5) is 12.6. The van der Waals surface area contributed by atoms with Crippen molar-refractivity contribution in [3.63, 3.8) is 0 Å². The van der Waals surface area contributed by atoms with E-state index in [1.165, 1.54) is 12.1 Å². The second kappa shape index (κ2) is 8.70. The van der Waals surface area contributed by atoms with Crippen LogP contribution in [-0.2, 0) is 6.54 Å². The van der Waals surface area contributed by atoms with E-state index in [1.807, 2.05) is 54.6 Å². The first-order valence-corrected chi connectivity index (χ1v) is 9.58. The van der Waals surface area contributed by atoms with Gasteiger partial charge in [0, 0.05) is 23.7 Å². The van der Waals surface area contributed by atoms with Crippen LogP contribution in [0.2, 0.25) is 0 Å². The molecule has 4 rings (SSSR count). The molecule has 1 amide bonds. The molecule has 0 spiro atoms. The highest BCUT2D eigenvalue weighted by Gasteiger charge is 2.11. The van der Waals surface area contributed by atoms with Crippen LogP contribution in [0, 0.1) is 11.6 Å². The molecule has 2 nitrogen and oxygen atoms in total. The van der Waals surface area contributed by atoms with Crippen LogP contribution in [-0.4, -0.2) is 5.91 Å². The maximum Gasteiger partial charge on any atom is 0.251 e. The minimum Gasteiger partial charge on any atom is -0.348 e. The van der Waals surface area contributed by atoms with E-state index >= 15 is 0 Å². The molecule has 4 heteroatoms. The molecule has 1 N–H and O–H groups in total. The lowest BCUT2D eigenvalue weighted by molar-refractivity contribution is 0.0951. The van der Waals surface area contributed by atoms with Crippen LogP contribution in [0.1, 0.15) is 15.9 Å². The lowest BCUT2D eigenvalue weighted by Crippen LogP contribution is -2.22. The van der Waals surface area contributed by atoms with Crippen LogP contribution >= 0.6 is 0 Å². The van der Waals surface area contributed by atoms with Crippen molar-refractivity contribution in [2.24, 2.45) is 0 Å². The van der Waals surface area contributed by atoms with Gasteiger partial charge in [-0.2, -0.15) is 0 Å². The molecule has 0 saturated carbocycles. The SMILES string of the molecule is O=C(NCc1cccc(-c2ccccc2)c1)c1cccc(-c2ccc(F)cc2F)c1. The molecule has 0 heterocycles. The van der Waals surface area contributed by atoms with E-state index in [-0.39, 0.29) is 11.5 Å². The summed E-state index contributed by atoms with van der Waals surface area (Å²) < 4.78 is 27.2. The smallest absolute Gasteiger partial charge is 0.251 e. The molecule has 0 saturated heterocycles. The van der Waals surface area contributed by atoms with Gasteiger partial charge in [-0.1, -0.05) is 60.7 Å². The number of rotatable bonds is 5. The molecule has 0 aliphatic rings. The third kappa shape index (κ3) is 4.44. The van der Waals surface area contributed by atoms with Crippen molar-refractivity contribution in [2.75, 3.05) is 0 Å². The first kappa shape index (κ1) is 19.5. The number of hydrogen-bond acceptors (Lipinski definition) is 1. The summed E-state index contributed by atoms with van der Waals surface area (Å²) in [5, 5.41) is 2.90. The van der Waals surface area contributed by atoms with Gasteiger partial charge in [-0.25, -0.2) is 8.78 Å². The van der Waals surface area contributed by atoms with Gasteiger partial charge in [-0.3, -0.25) is 4.79 Å². The zero-order valence-electron chi connectivity index (χ0n) is 16.1. The van der Waals surface area contributed by atoms with Crippen LogP contribution in [0.4, 0.5) is 8.78 Å². The largest absolute Gasteiger partial charge is 0.348 e. The molecule has 0 radical (unpaired) electrons. The van der Waals surface area contributed by atoms with Crippen LogP contribution in [0.25, 0.3) is 22.3 Å². The number of nitrogens with one attached hydrogen (secondary N) is 1. The summed E-state index contributed by atoms with van der Waals surface area (Å²) in [6, 6.07) is 28.1. The molecule has 0 atom stereocenters. The van der Waals surface area contributed by atoms with Crippen molar-refractivity contribution in [1.29, 1.82) is 0 Å². The van der Waals surface area contributed by atoms with Gasteiger partial charge >= 0.3 is 0 Å². The highest BCUT2D eigenvalue weighted by molar-refractivity contribution is 5.95. The van der Waals surface area contributed by atoms with E-state index in [0.29, 0.717) is 17.7 Å². The van der Waals surface area contributed by atoms with Gasteiger partial charge in [0.2, 0.25) is 0 Å². The molecular formula is C26H19F2NO. The van der Waals surface area contributed by atoms with Gasteiger partial charge in [0.1, 0.15) is 11.6 Å². The first-order chi connectivity index (χ1) is 14.6. The fourth-order valence-electron chi connectivity index (χ4n) is 3.33. The summed E-state index contributed by atoms with van der Waals surface area (Å²) in [5.41, 5.74) is 4.35. The average Bonchev–Trinajstić information content (AvgIpc) is 2.78. The van der Waals surface area contributed by atoms with Crippen molar-refractivity contribution < 1.29 is 13.6 Å². The molecule has 0 aliphatic carbocycles. The standard InChI is InChI=1S/C26H19F2NO/c27-23-12-13-24(25(28)16-23)21-10-5-11-22(15-21)26(30)29-17-18-6-4-9-20(14-18)19-7-2-1-3-8-19/h1-16H,17H2,(H,29,30). The van der Waals surface area contributed by atoms with E-state index in [9.17, 15) is 13.6 Å². The van der Waals surface area contributed by atoms with Gasteiger partial charge < -0.3 is 5.32 Å². The zero-order chi connectivity index (χ0) is 20.9. The van der Waals surface area contributed by atoms with Crippen LogP contribution < -0.4 is 5.32 Å². The Morgan fingerprint density at radius 3 is 2.23 bits per heavy atom. The molecule has 148 valence electrons. The molecule has 0 unspecified atom stereocenters. The van der Waals surface area contributed by atoms with Crippen molar-refractivity contribution in [1.82, 2.24) is 5.32 Å². The van der Waals surface area contributed by atoms with Crippen molar-refractivity contribution in [2.45, 2.75) is 6.54 Å². The van der Waals surface area contributed by atoms with E-state index in [0.717, 1.165) is 22.8 Å². The van der Waals surface area contributed by atoms with E-state index in [2.05, 4.69) is 5.32 Å². The summed E-state index contributed by atoms with van der Waals surface area (Å²) in [5.74, 6) is -1.56. The lowest BCUT2D eigenvalue weighted by Gasteiger charge is -2.09. The number of benzene rings is 4. The Balaban J connectivity index is 1.49. The van der Waals surface area contributed by atoms with E-state index in [4.69, 9.17) is 0 Å². The van der Waals surface area contributed by atoms with Gasteiger partial charge in [0.05, 0.1) is 0 Å². The van der Waals surface area contributed by atoms with Crippen LogP contribution in [0.3, 0.4) is 0 Å². The molecule has 30 heavy (non-hydrogen) atoms. The van der Waals surface area contributed by atoms with Crippen molar-refractivity contribution >= 4 is 5.91 Å². The second-order valence-corrected chi connectivity index (χ2v) is 6.95. The molecule has 4 aromatic carbocycles. The average molecular weight is 399 g/mol. The Hall–Kier alpha value is -3.79. The first-order valence-electron chi connectivity index (χ1n) is 9.58. The fraction of sp³-hybridized carbons (Fsp3) is 0.0385. The topological polar surface area (TPSA) is 29.1 Å². The minimum atomic E-state index is -0.662. The Morgan fingerprint density at radius 1 is 0.700 bits per heavy atom. The third-order valence-electron chi connectivity index (χ3n) is 4.85. The highest BCUT2D eigenvalue weighted by Crippen LogP contribution is 2.24. The molecule has 0 aromatic heterocycles. The summed E-state index contributed by atoms with van der Waals surface area (Å²) in [7, 11) is 0. The lowest BCUT2D eigenvalue weighted by atomic mass is 10.0. The number of carbonyl (C=O) groups excluding carboxylic acids is 1. The minimum absolute atomic E-state index is 0.251. The van der Waals surface area contributed by atoms with E-state index in [1.54, 1.807) is 24.3 Å². The normalized spacial score (nSPS) is 10.6. The predicted octanol–water partition coefficient (Wildman–Crippen LogP) is 6.23. The Kier molecular flexibility index (Phi) is 5.66. The number of carbonyl (C=O) groups is 1. The monoisotopic (exact) mass is 399 g/mol. The van der Waals surface area contributed by atoms with E-state index < -0.39 is 11.6 Å². The quantitative estimate of drug-likeness (QED) is 0.424. The fourth-order valence-corrected chi connectivity index (χ4v) is 3.33. The Labute approximate surface area is 173 Å². The van der Waals surface area contributed by atoms with Crippen molar-refractivity contribution in [3.8, 4) is 22.3 Å². The van der Waals surface area contributed by atoms with Crippen LogP contribution in [0.5, 0.6) is 0 Å². The maximum absolute atomic E-state index is 14.1. The Bertz CT molecular complexity index is 1190. The summed E-state index contributed by atoms with van der Waals surface area (Å²) in [6.45, 7) is 0.370. The summed E-state index contributed by atoms with van der Waals surface area (Å²) >= 11 is 0. The predicted molar refractivity (Wildman–Crippen MR) is 115 cm³/mol. The van der Waals surface area contributed by atoms with Gasteiger partial charge in [0.25, 0.3) is 5.91 Å². The molecule has 0 aliphatic heterocycles. The second-order valence-electron chi connectivity index (χ2n) is 6.95.